The van der Waals surface area contributed by atoms with Gasteiger partial charge in [0.15, 0.2) is 0 Å². The topological polar surface area (TPSA) is 44.7 Å². The maximum absolute atomic E-state index is 12.1. The number of nitrogens with zero attached hydrogens (tertiary/aromatic N) is 2. The standard InChI is InChI=1S/C23H26ClN3O/c1-5-27-21-13-20(24)18(12-19(21)16(2)14-23(27,3)4)15-25-26-22(28)11-17-9-7-6-8-10-17/h6-10,12-15H,5,11H2,1-4H3,(H,26,28)/b25-15-. The third-order valence-electron chi connectivity index (χ3n) is 5.01. The molecular formula is C23H26ClN3O. The molecule has 0 spiro atoms. The molecule has 0 unspecified atom stereocenters. The van der Waals surface area contributed by atoms with Crippen LogP contribution in [0, 0.1) is 0 Å². The molecule has 0 aromatic heterocycles. The number of hydrogen-bond donors (Lipinski definition) is 1. The molecule has 0 aliphatic carbocycles. The molecular weight excluding hydrogens is 370 g/mol. The van der Waals surface area contributed by atoms with Gasteiger partial charge in [0.2, 0.25) is 5.91 Å². The van der Waals surface area contributed by atoms with Crippen LogP contribution in [0.5, 0.6) is 0 Å². The molecule has 1 aliphatic rings. The average Bonchev–Trinajstić information content (AvgIpc) is 2.63. The van der Waals surface area contributed by atoms with E-state index in [1.54, 1.807) is 6.21 Å². The van der Waals surface area contributed by atoms with E-state index in [2.05, 4.69) is 49.2 Å². The van der Waals surface area contributed by atoms with Gasteiger partial charge in [-0.1, -0.05) is 48.0 Å². The molecule has 3 rings (SSSR count). The molecule has 0 fully saturated rings. The first kappa shape index (κ1) is 20.2. The van der Waals surface area contributed by atoms with Crippen LogP contribution in [0.25, 0.3) is 5.57 Å². The number of anilines is 1. The highest BCUT2D eigenvalue weighted by Crippen LogP contribution is 2.40. The van der Waals surface area contributed by atoms with E-state index in [1.807, 2.05) is 42.5 Å². The van der Waals surface area contributed by atoms with E-state index in [1.165, 1.54) is 5.57 Å². The zero-order valence-corrected chi connectivity index (χ0v) is 17.5. The van der Waals surface area contributed by atoms with Crippen LogP contribution in [0.4, 0.5) is 5.69 Å². The van der Waals surface area contributed by atoms with Crippen LogP contribution in [0.2, 0.25) is 5.02 Å². The summed E-state index contributed by atoms with van der Waals surface area (Å²) in [5, 5.41) is 4.71. The van der Waals surface area contributed by atoms with Crippen LogP contribution in [-0.4, -0.2) is 24.2 Å². The van der Waals surface area contributed by atoms with Crippen LogP contribution in [0.15, 0.2) is 53.6 Å². The molecule has 2 aromatic rings. The normalized spacial score (nSPS) is 15.3. The van der Waals surface area contributed by atoms with Crippen molar-refractivity contribution in [1.29, 1.82) is 0 Å². The third kappa shape index (κ3) is 4.28. The van der Waals surface area contributed by atoms with Gasteiger partial charge in [0.05, 0.1) is 23.2 Å². The molecule has 4 nitrogen and oxygen atoms in total. The molecule has 28 heavy (non-hydrogen) atoms. The number of amides is 1. The second-order valence-electron chi connectivity index (χ2n) is 7.57. The SMILES string of the molecule is CCN1c2cc(Cl)c(/C=N\NC(=O)Cc3ccccc3)cc2C(C)=CC1(C)C. The number of nitrogens with one attached hydrogen (secondary N) is 1. The van der Waals surface area contributed by atoms with Gasteiger partial charge >= 0.3 is 0 Å². The van der Waals surface area contributed by atoms with E-state index < -0.39 is 0 Å². The Labute approximate surface area is 171 Å². The Morgan fingerprint density at radius 2 is 1.96 bits per heavy atom. The van der Waals surface area contributed by atoms with Crippen molar-refractivity contribution in [3.8, 4) is 0 Å². The van der Waals surface area contributed by atoms with Gasteiger partial charge in [-0.15, -0.1) is 0 Å². The lowest BCUT2D eigenvalue weighted by Crippen LogP contribution is -2.44. The van der Waals surface area contributed by atoms with Crippen LogP contribution >= 0.6 is 11.6 Å². The van der Waals surface area contributed by atoms with Gasteiger partial charge in [-0.25, -0.2) is 5.43 Å². The number of likely N-dealkylation sites (N-methyl/N-ethyl adjacent to an activating group) is 1. The van der Waals surface area contributed by atoms with Gasteiger partial charge in [-0.2, -0.15) is 5.10 Å². The summed E-state index contributed by atoms with van der Waals surface area (Å²) < 4.78 is 0. The Kier molecular flexibility index (Phi) is 5.90. The molecule has 1 heterocycles. The molecule has 1 amide bonds. The van der Waals surface area contributed by atoms with Crippen molar-refractivity contribution in [2.75, 3.05) is 11.4 Å². The largest absolute Gasteiger partial charge is 0.363 e. The van der Waals surface area contributed by atoms with Crippen molar-refractivity contribution in [1.82, 2.24) is 5.43 Å². The van der Waals surface area contributed by atoms with Gasteiger partial charge in [-0.3, -0.25) is 4.79 Å². The number of benzene rings is 2. The summed E-state index contributed by atoms with van der Waals surface area (Å²) in [7, 11) is 0. The van der Waals surface area contributed by atoms with E-state index in [-0.39, 0.29) is 11.4 Å². The second-order valence-corrected chi connectivity index (χ2v) is 7.98. The van der Waals surface area contributed by atoms with E-state index in [0.717, 1.165) is 28.9 Å². The van der Waals surface area contributed by atoms with E-state index in [0.29, 0.717) is 11.4 Å². The number of fused-ring (bicyclic) bond motifs is 1. The summed E-state index contributed by atoms with van der Waals surface area (Å²) in [4.78, 5) is 14.4. The van der Waals surface area contributed by atoms with Crippen molar-refractivity contribution in [2.24, 2.45) is 5.10 Å². The van der Waals surface area contributed by atoms with Crippen molar-refractivity contribution >= 4 is 35.0 Å². The van der Waals surface area contributed by atoms with Gasteiger partial charge in [0.25, 0.3) is 0 Å². The molecule has 146 valence electrons. The number of rotatable bonds is 5. The van der Waals surface area contributed by atoms with Crippen molar-refractivity contribution in [3.05, 3.63) is 70.3 Å². The quantitative estimate of drug-likeness (QED) is 0.568. The monoisotopic (exact) mass is 395 g/mol. The van der Waals surface area contributed by atoms with Crippen molar-refractivity contribution < 1.29 is 4.79 Å². The number of carbonyl (C=O) groups is 1. The van der Waals surface area contributed by atoms with Crippen molar-refractivity contribution in [3.63, 3.8) is 0 Å². The summed E-state index contributed by atoms with van der Waals surface area (Å²) in [5.74, 6) is -0.161. The molecule has 0 atom stereocenters. The van der Waals surface area contributed by atoms with Gasteiger partial charge in [-0.05, 0) is 51.0 Å². The molecule has 1 aliphatic heterocycles. The Bertz CT molecular complexity index is 932. The lowest BCUT2D eigenvalue weighted by molar-refractivity contribution is -0.120. The van der Waals surface area contributed by atoms with Gasteiger partial charge in [0.1, 0.15) is 0 Å². The predicted octanol–water partition coefficient (Wildman–Crippen LogP) is 5.05. The van der Waals surface area contributed by atoms with Crippen LogP contribution in [-0.2, 0) is 11.2 Å². The molecule has 0 saturated carbocycles. The molecule has 2 aromatic carbocycles. The maximum atomic E-state index is 12.1. The first-order chi connectivity index (χ1) is 13.3. The Morgan fingerprint density at radius 3 is 2.64 bits per heavy atom. The third-order valence-corrected chi connectivity index (χ3v) is 5.34. The first-order valence-corrected chi connectivity index (χ1v) is 9.86. The summed E-state index contributed by atoms with van der Waals surface area (Å²) in [5.41, 5.74) is 7.73. The maximum Gasteiger partial charge on any atom is 0.244 e. The lowest BCUT2D eigenvalue weighted by atomic mass is 9.88. The Hall–Kier alpha value is -2.59. The summed E-state index contributed by atoms with van der Waals surface area (Å²) in [6, 6.07) is 13.6. The van der Waals surface area contributed by atoms with Gasteiger partial charge in [0, 0.05) is 23.4 Å². The lowest BCUT2D eigenvalue weighted by Gasteiger charge is -2.43. The highest BCUT2D eigenvalue weighted by Gasteiger charge is 2.30. The van der Waals surface area contributed by atoms with Gasteiger partial charge < -0.3 is 4.90 Å². The zero-order chi connectivity index (χ0) is 20.3. The summed E-state index contributed by atoms with van der Waals surface area (Å²) in [6.07, 6.45) is 4.17. The Morgan fingerprint density at radius 1 is 1.25 bits per heavy atom. The molecule has 0 radical (unpaired) electrons. The Balaban J connectivity index is 1.78. The highest BCUT2D eigenvalue weighted by atomic mass is 35.5. The minimum absolute atomic E-state index is 0.0593. The molecule has 0 saturated heterocycles. The number of carbonyl (C=O) groups excluding carboxylic acids is 1. The average molecular weight is 396 g/mol. The highest BCUT2D eigenvalue weighted by molar-refractivity contribution is 6.33. The first-order valence-electron chi connectivity index (χ1n) is 9.48. The van der Waals surface area contributed by atoms with E-state index in [9.17, 15) is 4.79 Å². The zero-order valence-electron chi connectivity index (χ0n) is 16.8. The fourth-order valence-corrected chi connectivity index (χ4v) is 3.99. The minimum Gasteiger partial charge on any atom is -0.363 e. The number of hydrazone groups is 1. The van der Waals surface area contributed by atoms with E-state index >= 15 is 0 Å². The molecule has 5 heteroatoms. The summed E-state index contributed by atoms with van der Waals surface area (Å²) in [6.45, 7) is 9.56. The van der Waals surface area contributed by atoms with Crippen LogP contribution < -0.4 is 10.3 Å². The number of allylic oxidation sites excluding steroid dienone is 1. The smallest absolute Gasteiger partial charge is 0.244 e. The minimum atomic E-state index is -0.161. The van der Waals surface area contributed by atoms with Crippen LogP contribution in [0.1, 0.15) is 44.4 Å². The summed E-state index contributed by atoms with van der Waals surface area (Å²) >= 11 is 6.52. The number of halogens is 1. The van der Waals surface area contributed by atoms with Crippen LogP contribution in [0.3, 0.4) is 0 Å². The van der Waals surface area contributed by atoms with E-state index in [4.69, 9.17) is 11.6 Å². The number of hydrogen-bond acceptors (Lipinski definition) is 3. The molecule has 0 bridgehead atoms. The second kappa shape index (κ2) is 8.19. The molecule has 1 N–H and O–H groups in total. The fraction of sp³-hybridized carbons (Fsp3) is 0.304. The predicted molar refractivity (Wildman–Crippen MR) is 118 cm³/mol. The van der Waals surface area contributed by atoms with Crippen molar-refractivity contribution in [2.45, 2.75) is 39.7 Å². The fourth-order valence-electron chi connectivity index (χ4n) is 3.79.